The Morgan fingerprint density at radius 3 is 2.35 bits per heavy atom. The van der Waals surface area contributed by atoms with Crippen molar-refractivity contribution in [3.63, 3.8) is 0 Å². The maximum Gasteiger partial charge on any atom is 0.211 e. The summed E-state index contributed by atoms with van der Waals surface area (Å²) < 4.78 is 24.5. The van der Waals surface area contributed by atoms with Gasteiger partial charge in [0.05, 0.1) is 6.26 Å². The lowest BCUT2D eigenvalue weighted by Gasteiger charge is -2.20. The highest BCUT2D eigenvalue weighted by molar-refractivity contribution is 14.0. The Bertz CT molecular complexity index is 416. The van der Waals surface area contributed by atoms with Crippen LogP contribution < -0.4 is 10.6 Å². The van der Waals surface area contributed by atoms with Crippen LogP contribution in [0, 0.1) is 0 Å². The maximum atomic E-state index is 11.5. The third-order valence-corrected chi connectivity index (χ3v) is 4.92. The molecule has 140 valence electrons. The minimum Gasteiger partial charge on any atom is -0.356 e. The fourth-order valence-electron chi connectivity index (χ4n) is 2.22. The zero-order chi connectivity index (χ0) is 17.0. The van der Waals surface area contributed by atoms with Crippen LogP contribution in [0.4, 0.5) is 0 Å². The predicted octanol–water partition coefficient (Wildman–Crippen LogP) is 2.41. The standard InChI is InChI=1S/C15H34N4O2S.HI/c1-6-8-9-11-14(3)18-15(16-4)17-12-10-13-19(7-2)22(5,20)21;/h14H,6-13H2,1-5H3,(H2,16,17,18);1H. The van der Waals surface area contributed by atoms with Crippen molar-refractivity contribution in [2.45, 2.75) is 58.9 Å². The molecule has 2 N–H and O–H groups in total. The van der Waals surface area contributed by atoms with Crippen molar-refractivity contribution in [3.8, 4) is 0 Å². The van der Waals surface area contributed by atoms with Crippen LogP contribution in [-0.2, 0) is 10.0 Å². The van der Waals surface area contributed by atoms with E-state index in [0.717, 1.165) is 18.8 Å². The van der Waals surface area contributed by atoms with Gasteiger partial charge in [-0.2, -0.15) is 0 Å². The smallest absolute Gasteiger partial charge is 0.211 e. The number of aliphatic imine (C=N–C) groups is 1. The van der Waals surface area contributed by atoms with E-state index in [9.17, 15) is 8.42 Å². The van der Waals surface area contributed by atoms with Gasteiger partial charge in [-0.25, -0.2) is 12.7 Å². The lowest BCUT2D eigenvalue weighted by Crippen LogP contribution is -2.43. The van der Waals surface area contributed by atoms with Crippen molar-refractivity contribution in [3.05, 3.63) is 0 Å². The topological polar surface area (TPSA) is 73.8 Å². The third kappa shape index (κ3) is 12.9. The molecule has 0 bridgehead atoms. The molecule has 0 aliphatic rings. The number of unbranched alkanes of at least 4 members (excludes halogenated alkanes) is 2. The highest BCUT2D eigenvalue weighted by Crippen LogP contribution is 2.02. The minimum atomic E-state index is -3.09. The molecule has 0 heterocycles. The van der Waals surface area contributed by atoms with Gasteiger partial charge in [-0.3, -0.25) is 4.99 Å². The van der Waals surface area contributed by atoms with Gasteiger partial charge in [0.25, 0.3) is 0 Å². The summed E-state index contributed by atoms with van der Waals surface area (Å²) in [5.74, 6) is 0.784. The average molecular weight is 462 g/mol. The molecule has 0 aromatic heterocycles. The molecular formula is C15H35IN4O2S. The molecule has 0 saturated carbocycles. The molecule has 0 radical (unpaired) electrons. The first-order valence-electron chi connectivity index (χ1n) is 8.27. The zero-order valence-electron chi connectivity index (χ0n) is 15.3. The van der Waals surface area contributed by atoms with Crippen molar-refractivity contribution in [2.75, 3.05) is 32.9 Å². The van der Waals surface area contributed by atoms with Gasteiger partial charge in [-0.1, -0.05) is 33.1 Å². The van der Waals surface area contributed by atoms with E-state index in [0.29, 0.717) is 25.7 Å². The first-order chi connectivity index (χ1) is 10.3. The number of nitrogens with one attached hydrogen (secondary N) is 2. The van der Waals surface area contributed by atoms with E-state index in [1.807, 2.05) is 6.92 Å². The molecule has 6 nitrogen and oxygen atoms in total. The highest BCUT2D eigenvalue weighted by atomic mass is 127. The SMILES string of the molecule is CCCCCC(C)NC(=NC)NCCCN(CC)S(C)(=O)=O.I. The van der Waals surface area contributed by atoms with Gasteiger partial charge >= 0.3 is 0 Å². The van der Waals surface area contributed by atoms with Crippen LogP contribution >= 0.6 is 24.0 Å². The monoisotopic (exact) mass is 462 g/mol. The van der Waals surface area contributed by atoms with Crippen molar-refractivity contribution in [1.82, 2.24) is 14.9 Å². The summed E-state index contributed by atoms with van der Waals surface area (Å²) in [5, 5.41) is 6.60. The molecule has 0 fully saturated rings. The first kappa shape index (κ1) is 25.2. The summed E-state index contributed by atoms with van der Waals surface area (Å²) in [6.45, 7) is 7.96. The van der Waals surface area contributed by atoms with Crippen LogP contribution in [0.2, 0.25) is 0 Å². The first-order valence-corrected chi connectivity index (χ1v) is 10.1. The molecule has 1 atom stereocenters. The summed E-state index contributed by atoms with van der Waals surface area (Å²) in [5.41, 5.74) is 0. The Balaban J connectivity index is 0. The molecule has 0 aromatic carbocycles. The summed E-state index contributed by atoms with van der Waals surface area (Å²) >= 11 is 0. The summed E-state index contributed by atoms with van der Waals surface area (Å²) in [6.07, 6.45) is 6.85. The Morgan fingerprint density at radius 2 is 1.87 bits per heavy atom. The second kappa shape index (κ2) is 14.3. The number of guanidine groups is 1. The van der Waals surface area contributed by atoms with E-state index >= 15 is 0 Å². The van der Waals surface area contributed by atoms with Crippen molar-refractivity contribution >= 4 is 40.0 Å². The summed E-state index contributed by atoms with van der Waals surface area (Å²) in [7, 11) is -1.34. The Labute approximate surface area is 160 Å². The van der Waals surface area contributed by atoms with E-state index in [2.05, 4.69) is 29.5 Å². The number of halogens is 1. The molecule has 0 spiro atoms. The van der Waals surface area contributed by atoms with Crippen LogP contribution in [0.5, 0.6) is 0 Å². The highest BCUT2D eigenvalue weighted by Gasteiger charge is 2.13. The minimum absolute atomic E-state index is 0. The van der Waals surface area contributed by atoms with Crippen molar-refractivity contribution in [1.29, 1.82) is 0 Å². The quantitative estimate of drug-likeness (QED) is 0.214. The van der Waals surface area contributed by atoms with Crippen molar-refractivity contribution in [2.24, 2.45) is 4.99 Å². The molecule has 0 aliphatic heterocycles. The lowest BCUT2D eigenvalue weighted by atomic mass is 10.1. The van der Waals surface area contributed by atoms with E-state index < -0.39 is 10.0 Å². The summed E-state index contributed by atoms with van der Waals surface area (Å²) in [4.78, 5) is 4.20. The molecule has 0 aliphatic carbocycles. The van der Waals surface area contributed by atoms with E-state index in [-0.39, 0.29) is 24.0 Å². The second-order valence-electron chi connectivity index (χ2n) is 5.65. The number of sulfonamides is 1. The van der Waals surface area contributed by atoms with E-state index in [1.165, 1.54) is 29.8 Å². The van der Waals surface area contributed by atoms with Gasteiger partial charge in [0.15, 0.2) is 5.96 Å². The van der Waals surface area contributed by atoms with E-state index in [1.54, 1.807) is 7.05 Å². The van der Waals surface area contributed by atoms with Gasteiger partial charge in [-0.15, -0.1) is 24.0 Å². The number of rotatable bonds is 11. The predicted molar refractivity (Wildman–Crippen MR) is 110 cm³/mol. The van der Waals surface area contributed by atoms with Gasteiger partial charge < -0.3 is 10.6 Å². The fraction of sp³-hybridized carbons (Fsp3) is 0.933. The Hall–Kier alpha value is -0.0900. The Morgan fingerprint density at radius 1 is 1.22 bits per heavy atom. The van der Waals surface area contributed by atoms with Crippen LogP contribution in [-0.4, -0.2) is 57.7 Å². The molecule has 8 heteroatoms. The normalized spacial score (nSPS) is 13.6. The molecule has 1 unspecified atom stereocenters. The fourth-order valence-corrected chi connectivity index (χ4v) is 3.15. The number of hydrogen-bond donors (Lipinski definition) is 2. The molecule has 0 aromatic rings. The van der Waals surface area contributed by atoms with Gasteiger partial charge in [0.2, 0.25) is 10.0 Å². The van der Waals surface area contributed by atoms with Crippen LogP contribution in [0.3, 0.4) is 0 Å². The second-order valence-corrected chi connectivity index (χ2v) is 7.63. The Kier molecular flexibility index (Phi) is 15.6. The number of hydrogen-bond acceptors (Lipinski definition) is 3. The third-order valence-electron chi connectivity index (χ3n) is 3.55. The number of nitrogens with zero attached hydrogens (tertiary/aromatic N) is 2. The molecular weight excluding hydrogens is 427 g/mol. The largest absolute Gasteiger partial charge is 0.356 e. The van der Waals surface area contributed by atoms with Crippen LogP contribution in [0.1, 0.15) is 52.9 Å². The van der Waals surface area contributed by atoms with Crippen LogP contribution in [0.25, 0.3) is 0 Å². The lowest BCUT2D eigenvalue weighted by molar-refractivity contribution is 0.423. The van der Waals surface area contributed by atoms with Gasteiger partial charge in [0, 0.05) is 32.7 Å². The summed E-state index contributed by atoms with van der Waals surface area (Å²) in [6, 6.07) is 0.390. The van der Waals surface area contributed by atoms with E-state index in [4.69, 9.17) is 0 Å². The molecule has 0 saturated heterocycles. The maximum absolute atomic E-state index is 11.5. The average Bonchev–Trinajstić information content (AvgIpc) is 2.44. The zero-order valence-corrected chi connectivity index (χ0v) is 18.4. The van der Waals surface area contributed by atoms with Crippen molar-refractivity contribution < 1.29 is 8.42 Å². The van der Waals surface area contributed by atoms with Crippen LogP contribution in [0.15, 0.2) is 4.99 Å². The van der Waals surface area contributed by atoms with Gasteiger partial charge in [0.1, 0.15) is 0 Å². The molecule has 23 heavy (non-hydrogen) atoms. The molecule has 0 amide bonds. The van der Waals surface area contributed by atoms with Gasteiger partial charge in [-0.05, 0) is 19.8 Å². The molecule has 0 rings (SSSR count).